The molecule has 0 saturated heterocycles. The number of fused-ring (bicyclic) bond motifs is 1. The maximum atomic E-state index is 12.7. The molecular formula is C22H26N4O2. The molecule has 0 aliphatic carbocycles. The Labute approximate surface area is 165 Å². The second-order valence-electron chi connectivity index (χ2n) is 7.03. The van der Waals surface area contributed by atoms with Crippen LogP contribution in [0.2, 0.25) is 0 Å². The Balaban J connectivity index is 1.80. The summed E-state index contributed by atoms with van der Waals surface area (Å²) in [5, 5.41) is 3.04. The van der Waals surface area contributed by atoms with Gasteiger partial charge in [0.1, 0.15) is 5.75 Å². The monoisotopic (exact) mass is 378 g/mol. The van der Waals surface area contributed by atoms with E-state index in [1.165, 1.54) is 0 Å². The van der Waals surface area contributed by atoms with Crippen molar-refractivity contribution in [1.82, 2.24) is 20.2 Å². The SMILES string of the molecule is COc1ccccc1[C@H](CNC(=O)c1ccc2nc(C)c(C)nc2c1)N(C)C. The number of amides is 1. The van der Waals surface area contributed by atoms with Crippen LogP contribution in [0, 0.1) is 13.8 Å². The summed E-state index contributed by atoms with van der Waals surface area (Å²) < 4.78 is 5.48. The molecule has 28 heavy (non-hydrogen) atoms. The van der Waals surface area contributed by atoms with Gasteiger partial charge in [-0.15, -0.1) is 0 Å². The molecule has 2 aromatic carbocycles. The van der Waals surface area contributed by atoms with Crippen LogP contribution < -0.4 is 10.1 Å². The summed E-state index contributed by atoms with van der Waals surface area (Å²) in [4.78, 5) is 23.9. The number of carbonyl (C=O) groups excluding carboxylic acids is 1. The molecule has 0 bridgehead atoms. The zero-order valence-corrected chi connectivity index (χ0v) is 17.0. The van der Waals surface area contributed by atoms with Gasteiger partial charge in [-0.1, -0.05) is 18.2 Å². The summed E-state index contributed by atoms with van der Waals surface area (Å²) >= 11 is 0. The molecule has 6 heteroatoms. The first kappa shape index (κ1) is 19.8. The molecular weight excluding hydrogens is 352 g/mol. The van der Waals surface area contributed by atoms with Gasteiger partial charge in [-0.3, -0.25) is 4.79 Å². The van der Waals surface area contributed by atoms with Crippen molar-refractivity contribution in [3.63, 3.8) is 0 Å². The van der Waals surface area contributed by atoms with Gasteiger partial charge in [0.25, 0.3) is 5.91 Å². The molecule has 0 fully saturated rings. The first-order valence-electron chi connectivity index (χ1n) is 9.23. The summed E-state index contributed by atoms with van der Waals surface area (Å²) in [6.45, 7) is 4.31. The molecule has 0 spiro atoms. The lowest BCUT2D eigenvalue weighted by Crippen LogP contribution is -2.34. The number of aromatic nitrogens is 2. The molecule has 146 valence electrons. The number of likely N-dealkylation sites (N-methyl/N-ethyl adjacent to an activating group) is 1. The van der Waals surface area contributed by atoms with E-state index in [4.69, 9.17) is 4.74 Å². The van der Waals surface area contributed by atoms with Crippen LogP contribution in [0.5, 0.6) is 5.75 Å². The van der Waals surface area contributed by atoms with E-state index in [-0.39, 0.29) is 11.9 Å². The Kier molecular flexibility index (Phi) is 5.90. The van der Waals surface area contributed by atoms with Gasteiger partial charge in [-0.25, -0.2) is 9.97 Å². The highest BCUT2D eigenvalue weighted by atomic mass is 16.5. The smallest absolute Gasteiger partial charge is 0.251 e. The van der Waals surface area contributed by atoms with E-state index in [0.29, 0.717) is 12.1 Å². The number of rotatable bonds is 6. The molecule has 0 unspecified atom stereocenters. The fourth-order valence-electron chi connectivity index (χ4n) is 3.18. The molecule has 6 nitrogen and oxygen atoms in total. The van der Waals surface area contributed by atoms with Crippen LogP contribution in [0.3, 0.4) is 0 Å². The zero-order chi connectivity index (χ0) is 20.3. The van der Waals surface area contributed by atoms with Crippen molar-refractivity contribution < 1.29 is 9.53 Å². The van der Waals surface area contributed by atoms with E-state index < -0.39 is 0 Å². The third-order valence-electron chi connectivity index (χ3n) is 4.91. The minimum Gasteiger partial charge on any atom is -0.496 e. The predicted molar refractivity (Wildman–Crippen MR) is 111 cm³/mol. The van der Waals surface area contributed by atoms with Gasteiger partial charge in [0.15, 0.2) is 0 Å². The number of aryl methyl sites for hydroxylation is 2. The fraction of sp³-hybridized carbons (Fsp3) is 0.318. The van der Waals surface area contributed by atoms with Crippen LogP contribution >= 0.6 is 0 Å². The van der Waals surface area contributed by atoms with E-state index in [0.717, 1.165) is 33.7 Å². The summed E-state index contributed by atoms with van der Waals surface area (Å²) in [5.41, 5.74) is 4.89. The second kappa shape index (κ2) is 8.35. The van der Waals surface area contributed by atoms with Gasteiger partial charge < -0.3 is 15.0 Å². The number of ether oxygens (including phenoxy) is 1. The predicted octanol–water partition coefficient (Wildman–Crippen LogP) is 3.29. The maximum Gasteiger partial charge on any atom is 0.251 e. The van der Waals surface area contributed by atoms with Gasteiger partial charge >= 0.3 is 0 Å². The molecule has 1 atom stereocenters. The number of benzene rings is 2. The molecule has 1 aromatic heterocycles. The molecule has 3 aromatic rings. The molecule has 0 saturated carbocycles. The van der Waals surface area contributed by atoms with Crippen molar-refractivity contribution in [2.45, 2.75) is 19.9 Å². The Morgan fingerprint density at radius 2 is 1.75 bits per heavy atom. The summed E-state index contributed by atoms with van der Waals surface area (Å²) in [7, 11) is 5.63. The topological polar surface area (TPSA) is 67.3 Å². The second-order valence-corrected chi connectivity index (χ2v) is 7.03. The zero-order valence-electron chi connectivity index (χ0n) is 17.0. The lowest BCUT2D eigenvalue weighted by atomic mass is 10.0. The lowest BCUT2D eigenvalue weighted by molar-refractivity contribution is 0.0941. The minimum absolute atomic E-state index is 0.00904. The van der Waals surface area contributed by atoms with Gasteiger partial charge in [-0.05, 0) is 52.2 Å². The van der Waals surface area contributed by atoms with E-state index in [2.05, 4.69) is 20.2 Å². The number of hydrogen-bond donors (Lipinski definition) is 1. The number of nitrogens with one attached hydrogen (secondary N) is 1. The van der Waals surface area contributed by atoms with Gasteiger partial charge in [0.05, 0.1) is 35.6 Å². The summed E-state index contributed by atoms with van der Waals surface area (Å²) in [5.74, 6) is 0.672. The molecule has 1 N–H and O–H groups in total. The first-order valence-corrected chi connectivity index (χ1v) is 9.23. The van der Waals surface area contributed by atoms with E-state index in [1.807, 2.05) is 58.3 Å². The van der Waals surface area contributed by atoms with Gasteiger partial charge in [0.2, 0.25) is 0 Å². The van der Waals surface area contributed by atoms with Crippen molar-refractivity contribution in [2.75, 3.05) is 27.7 Å². The molecule has 3 rings (SSSR count). The Morgan fingerprint density at radius 1 is 1.07 bits per heavy atom. The Bertz CT molecular complexity index is 1000. The van der Waals surface area contributed by atoms with Crippen LogP contribution in [0.25, 0.3) is 11.0 Å². The van der Waals surface area contributed by atoms with Crippen molar-refractivity contribution in [2.24, 2.45) is 0 Å². The standard InChI is InChI=1S/C22H26N4O2/c1-14-15(2)25-19-12-16(10-11-18(19)24-14)22(27)23-13-20(26(3)4)17-8-6-7-9-21(17)28-5/h6-12,20H,13H2,1-5H3,(H,23,27)/t20-/m0/s1. The van der Waals surface area contributed by atoms with Crippen LogP contribution in [0.4, 0.5) is 0 Å². The van der Waals surface area contributed by atoms with Crippen molar-refractivity contribution in [3.05, 3.63) is 65.0 Å². The average molecular weight is 378 g/mol. The maximum absolute atomic E-state index is 12.7. The van der Waals surface area contributed by atoms with Crippen molar-refractivity contribution in [3.8, 4) is 5.75 Å². The molecule has 0 radical (unpaired) electrons. The minimum atomic E-state index is -0.135. The van der Waals surface area contributed by atoms with Gasteiger partial charge in [-0.2, -0.15) is 0 Å². The molecule has 0 aliphatic heterocycles. The normalized spacial score (nSPS) is 12.2. The number of carbonyl (C=O) groups is 1. The highest BCUT2D eigenvalue weighted by Crippen LogP contribution is 2.27. The van der Waals surface area contributed by atoms with Crippen molar-refractivity contribution in [1.29, 1.82) is 0 Å². The summed E-state index contributed by atoms with van der Waals surface area (Å²) in [6, 6.07) is 13.3. The highest BCUT2D eigenvalue weighted by molar-refractivity contribution is 5.97. The van der Waals surface area contributed by atoms with Crippen LogP contribution in [0.1, 0.15) is 33.4 Å². The number of para-hydroxylation sites is 1. The lowest BCUT2D eigenvalue weighted by Gasteiger charge is -2.26. The average Bonchev–Trinajstić information content (AvgIpc) is 2.68. The Morgan fingerprint density at radius 3 is 2.43 bits per heavy atom. The molecule has 0 aliphatic rings. The third kappa shape index (κ3) is 4.12. The van der Waals surface area contributed by atoms with Gasteiger partial charge in [0, 0.05) is 17.7 Å². The highest BCUT2D eigenvalue weighted by Gasteiger charge is 2.19. The van der Waals surface area contributed by atoms with E-state index in [9.17, 15) is 4.79 Å². The quantitative estimate of drug-likeness (QED) is 0.713. The Hall–Kier alpha value is -2.99. The first-order chi connectivity index (χ1) is 13.4. The molecule has 1 heterocycles. The third-order valence-corrected chi connectivity index (χ3v) is 4.91. The number of hydrogen-bond acceptors (Lipinski definition) is 5. The van der Waals surface area contributed by atoms with Crippen LogP contribution in [-0.4, -0.2) is 48.5 Å². The fourth-order valence-corrected chi connectivity index (χ4v) is 3.18. The van der Waals surface area contributed by atoms with Crippen LogP contribution in [-0.2, 0) is 0 Å². The van der Waals surface area contributed by atoms with Crippen LogP contribution in [0.15, 0.2) is 42.5 Å². The number of nitrogens with zero attached hydrogens (tertiary/aromatic N) is 3. The van der Waals surface area contributed by atoms with E-state index >= 15 is 0 Å². The number of methoxy groups -OCH3 is 1. The van der Waals surface area contributed by atoms with E-state index in [1.54, 1.807) is 19.2 Å². The summed E-state index contributed by atoms with van der Waals surface area (Å²) in [6.07, 6.45) is 0. The molecule has 1 amide bonds. The largest absolute Gasteiger partial charge is 0.496 e. The van der Waals surface area contributed by atoms with Crippen molar-refractivity contribution >= 4 is 16.9 Å².